The first-order valence-electron chi connectivity index (χ1n) is 11.4. The van der Waals surface area contributed by atoms with Crippen LogP contribution < -0.4 is 5.32 Å². The van der Waals surface area contributed by atoms with Crippen molar-refractivity contribution in [1.82, 2.24) is 14.4 Å². The van der Waals surface area contributed by atoms with Crippen LogP contribution in [-0.2, 0) is 11.0 Å². The maximum absolute atomic E-state index is 13.0. The first-order chi connectivity index (χ1) is 16.0. The lowest BCUT2D eigenvalue weighted by atomic mass is 10.1. The number of nitrogens with one attached hydrogen (secondary N) is 1. The second-order valence-corrected chi connectivity index (χ2v) is 9.51. The number of hydrogen-bond acceptors (Lipinski definition) is 4. The third-order valence-electron chi connectivity index (χ3n) is 6.45. The summed E-state index contributed by atoms with van der Waals surface area (Å²) in [5.74, 6) is -0.290. The van der Waals surface area contributed by atoms with Gasteiger partial charge in [-0.3, -0.25) is 19.4 Å². The topological polar surface area (TPSA) is 57.6 Å². The normalized spacial score (nSPS) is 17.7. The summed E-state index contributed by atoms with van der Waals surface area (Å²) >= 11 is 5.62. The summed E-state index contributed by atoms with van der Waals surface area (Å²) in [4.78, 5) is 29.3. The van der Waals surface area contributed by atoms with E-state index >= 15 is 0 Å². The highest BCUT2D eigenvalue weighted by Crippen LogP contribution is 2.38. The van der Waals surface area contributed by atoms with E-state index in [2.05, 4.69) is 14.8 Å². The van der Waals surface area contributed by atoms with Gasteiger partial charge in [-0.05, 0) is 51.0 Å². The third-order valence-corrected chi connectivity index (χ3v) is 6.78. The molecule has 0 unspecified atom stereocenters. The second-order valence-electron chi connectivity index (χ2n) is 9.10. The van der Waals surface area contributed by atoms with Crippen molar-refractivity contribution in [2.75, 3.05) is 44.6 Å². The molecule has 0 radical (unpaired) electrons. The molecule has 1 aliphatic carbocycles. The second kappa shape index (κ2) is 9.71. The molecule has 1 saturated carbocycles. The van der Waals surface area contributed by atoms with E-state index in [1.54, 1.807) is 0 Å². The lowest BCUT2D eigenvalue weighted by Gasteiger charge is -2.33. The summed E-state index contributed by atoms with van der Waals surface area (Å²) in [7, 11) is 0. The van der Waals surface area contributed by atoms with Crippen LogP contribution in [0.3, 0.4) is 0 Å². The molecule has 0 spiro atoms. The maximum Gasteiger partial charge on any atom is 0.417 e. The zero-order chi connectivity index (χ0) is 24.6. The summed E-state index contributed by atoms with van der Waals surface area (Å²) in [6, 6.07) is 5.82. The van der Waals surface area contributed by atoms with Crippen LogP contribution in [0.25, 0.3) is 0 Å². The van der Waals surface area contributed by atoms with Gasteiger partial charge in [0, 0.05) is 54.9 Å². The Morgan fingerprint density at radius 3 is 2.24 bits per heavy atom. The quantitative estimate of drug-likeness (QED) is 0.571. The first-order valence-corrected chi connectivity index (χ1v) is 11.7. The van der Waals surface area contributed by atoms with Gasteiger partial charge in [0.2, 0.25) is 5.91 Å². The molecular formula is C24H28ClF3N4O2. The molecule has 2 heterocycles. The number of anilines is 1. The molecule has 2 fully saturated rings. The highest BCUT2D eigenvalue weighted by Gasteiger charge is 2.33. The SMILES string of the molecule is Cc1cc(C(=O)CN2CCN(CC(=O)Nc3ccc(Cl)c(C(F)(F)F)c3)CC2)c(C)n1C1CC1. The number of aromatic nitrogens is 1. The predicted molar refractivity (Wildman–Crippen MR) is 124 cm³/mol. The number of alkyl halides is 3. The van der Waals surface area contributed by atoms with Gasteiger partial charge in [-0.2, -0.15) is 13.2 Å². The molecule has 1 saturated heterocycles. The standard InChI is InChI=1S/C24H28ClF3N4O2/c1-15-11-19(16(2)32(15)18-4-5-18)22(33)13-30-7-9-31(10-8-30)14-23(34)29-17-3-6-21(25)20(12-17)24(26,27)28/h3,6,11-12,18H,4-5,7-10,13-14H2,1-2H3,(H,29,34). The molecule has 2 aromatic rings. The Morgan fingerprint density at radius 1 is 1.03 bits per heavy atom. The number of amides is 1. The largest absolute Gasteiger partial charge is 0.417 e. The van der Waals surface area contributed by atoms with Crippen LogP contribution in [0.1, 0.15) is 46.2 Å². The molecule has 1 N–H and O–H groups in total. The highest BCUT2D eigenvalue weighted by atomic mass is 35.5. The van der Waals surface area contributed by atoms with E-state index in [-0.39, 0.29) is 18.0 Å². The Hall–Kier alpha value is -2.36. The number of ketones is 1. The van der Waals surface area contributed by atoms with E-state index in [0.29, 0.717) is 38.8 Å². The Bertz CT molecular complexity index is 1090. The summed E-state index contributed by atoms with van der Waals surface area (Å²) in [5, 5.41) is 2.10. The minimum atomic E-state index is -4.59. The number of carbonyl (C=O) groups is 2. The lowest BCUT2D eigenvalue weighted by Crippen LogP contribution is -2.49. The minimum Gasteiger partial charge on any atom is -0.345 e. The van der Waals surface area contributed by atoms with Crippen molar-refractivity contribution in [2.24, 2.45) is 0 Å². The van der Waals surface area contributed by atoms with Gasteiger partial charge < -0.3 is 9.88 Å². The zero-order valence-corrected chi connectivity index (χ0v) is 20.0. The number of aryl methyl sites for hydroxylation is 1. The Balaban J connectivity index is 1.26. The zero-order valence-electron chi connectivity index (χ0n) is 19.2. The third kappa shape index (κ3) is 5.64. The van der Waals surface area contributed by atoms with E-state index < -0.39 is 22.7 Å². The van der Waals surface area contributed by atoms with Crippen molar-refractivity contribution in [3.8, 4) is 0 Å². The van der Waals surface area contributed by atoms with E-state index in [4.69, 9.17) is 11.6 Å². The van der Waals surface area contributed by atoms with Crippen molar-refractivity contribution >= 4 is 29.0 Å². The van der Waals surface area contributed by atoms with Crippen LogP contribution in [0.15, 0.2) is 24.3 Å². The first kappa shape index (κ1) is 24.8. The monoisotopic (exact) mass is 496 g/mol. The number of nitrogens with zero attached hydrogens (tertiary/aromatic N) is 3. The average molecular weight is 497 g/mol. The number of halogens is 4. The minimum absolute atomic E-state index is 0.0507. The van der Waals surface area contributed by atoms with Gasteiger partial charge in [-0.1, -0.05) is 11.6 Å². The highest BCUT2D eigenvalue weighted by molar-refractivity contribution is 6.31. The molecule has 4 rings (SSSR count). The summed E-state index contributed by atoms with van der Waals surface area (Å²) in [6.45, 7) is 6.91. The summed E-state index contributed by atoms with van der Waals surface area (Å²) in [6.07, 6.45) is -2.26. The van der Waals surface area contributed by atoms with E-state index in [0.717, 1.165) is 29.1 Å². The van der Waals surface area contributed by atoms with Crippen molar-refractivity contribution in [2.45, 2.75) is 38.9 Å². The molecule has 1 aromatic carbocycles. The van der Waals surface area contributed by atoms with Gasteiger partial charge >= 0.3 is 6.18 Å². The number of rotatable bonds is 7. The number of Topliss-reactive ketones (excluding diaryl/α,β-unsaturated/α-hetero) is 1. The number of piperazine rings is 1. The van der Waals surface area contributed by atoms with Gasteiger partial charge in [-0.15, -0.1) is 0 Å². The number of benzene rings is 1. The maximum atomic E-state index is 13.0. The van der Waals surface area contributed by atoms with Crippen LogP contribution in [0.2, 0.25) is 5.02 Å². The van der Waals surface area contributed by atoms with Crippen LogP contribution >= 0.6 is 11.6 Å². The molecular weight excluding hydrogens is 469 g/mol. The summed E-state index contributed by atoms with van der Waals surface area (Å²) in [5.41, 5.74) is 2.02. The van der Waals surface area contributed by atoms with Gasteiger partial charge in [0.15, 0.2) is 5.78 Å². The van der Waals surface area contributed by atoms with E-state index in [9.17, 15) is 22.8 Å². The van der Waals surface area contributed by atoms with Crippen LogP contribution in [0, 0.1) is 13.8 Å². The molecule has 6 nitrogen and oxygen atoms in total. The van der Waals surface area contributed by atoms with Crippen LogP contribution in [-0.4, -0.2) is 65.3 Å². The molecule has 1 amide bonds. The Morgan fingerprint density at radius 2 is 1.65 bits per heavy atom. The van der Waals surface area contributed by atoms with Crippen molar-refractivity contribution in [3.63, 3.8) is 0 Å². The molecule has 1 aliphatic heterocycles. The van der Waals surface area contributed by atoms with Crippen molar-refractivity contribution in [3.05, 3.63) is 51.8 Å². The fourth-order valence-electron chi connectivity index (χ4n) is 4.57. The molecule has 2 aliphatic rings. The lowest BCUT2D eigenvalue weighted by molar-refractivity contribution is -0.137. The molecule has 34 heavy (non-hydrogen) atoms. The fraction of sp³-hybridized carbons (Fsp3) is 0.500. The molecule has 0 bridgehead atoms. The van der Waals surface area contributed by atoms with Gasteiger partial charge in [0.1, 0.15) is 0 Å². The molecule has 1 aromatic heterocycles. The smallest absolute Gasteiger partial charge is 0.345 e. The van der Waals surface area contributed by atoms with Gasteiger partial charge in [-0.25, -0.2) is 0 Å². The predicted octanol–water partition coefficient (Wildman–Crippen LogP) is 4.55. The Kier molecular flexibility index (Phi) is 7.07. The average Bonchev–Trinajstić information content (AvgIpc) is 3.54. The van der Waals surface area contributed by atoms with Crippen LogP contribution in [0.5, 0.6) is 0 Å². The van der Waals surface area contributed by atoms with Crippen molar-refractivity contribution in [1.29, 1.82) is 0 Å². The molecule has 184 valence electrons. The van der Waals surface area contributed by atoms with Crippen molar-refractivity contribution < 1.29 is 22.8 Å². The van der Waals surface area contributed by atoms with Crippen LogP contribution in [0.4, 0.5) is 18.9 Å². The molecule has 0 atom stereocenters. The van der Waals surface area contributed by atoms with Gasteiger partial charge in [0.05, 0.1) is 23.7 Å². The molecule has 10 heteroatoms. The van der Waals surface area contributed by atoms with Gasteiger partial charge in [0.25, 0.3) is 0 Å². The Labute approximate surface area is 201 Å². The number of hydrogen-bond donors (Lipinski definition) is 1. The van der Waals surface area contributed by atoms with E-state index in [1.807, 2.05) is 24.8 Å². The summed E-state index contributed by atoms with van der Waals surface area (Å²) < 4.78 is 41.3. The fourth-order valence-corrected chi connectivity index (χ4v) is 4.80. The van der Waals surface area contributed by atoms with E-state index in [1.165, 1.54) is 18.9 Å². The number of carbonyl (C=O) groups excluding carboxylic acids is 2.